The SMILES string of the molecule is NCCCCC(NC(=O)C1CCCN1C(=O)C(CC(N)=O)NC(=O)C(N)CC(=O)O)C(=O)O. The molecule has 0 aromatic rings. The second-order valence-corrected chi connectivity index (χ2v) is 7.81. The molecule has 0 radical (unpaired) electrons. The fraction of sp³-hybridized carbons (Fsp3) is 0.684. The van der Waals surface area contributed by atoms with Gasteiger partial charge in [-0.1, -0.05) is 0 Å². The minimum absolute atomic E-state index is 0.133. The van der Waals surface area contributed by atoms with E-state index in [1.54, 1.807) is 0 Å². The van der Waals surface area contributed by atoms with Crippen molar-refractivity contribution in [3.63, 3.8) is 0 Å². The maximum Gasteiger partial charge on any atom is 0.326 e. The zero-order valence-electron chi connectivity index (χ0n) is 18.2. The first-order valence-electron chi connectivity index (χ1n) is 10.6. The predicted octanol–water partition coefficient (Wildman–Crippen LogP) is -3.16. The highest BCUT2D eigenvalue weighted by molar-refractivity contribution is 5.97. The molecule has 1 saturated heterocycles. The molecule has 4 unspecified atom stereocenters. The van der Waals surface area contributed by atoms with Gasteiger partial charge in [0.25, 0.3) is 0 Å². The van der Waals surface area contributed by atoms with Crippen LogP contribution in [0.2, 0.25) is 0 Å². The van der Waals surface area contributed by atoms with Gasteiger partial charge in [0, 0.05) is 6.54 Å². The van der Waals surface area contributed by atoms with Crippen LogP contribution in [0.4, 0.5) is 0 Å². The topological polar surface area (TPSA) is 248 Å². The van der Waals surface area contributed by atoms with E-state index >= 15 is 0 Å². The number of hydrogen-bond acceptors (Lipinski definition) is 8. The number of nitrogens with two attached hydrogens (primary N) is 3. The molecule has 1 rings (SSSR count). The van der Waals surface area contributed by atoms with Crippen LogP contribution in [0.3, 0.4) is 0 Å². The molecule has 1 fully saturated rings. The molecule has 14 heteroatoms. The Kier molecular flexibility index (Phi) is 11.2. The number of nitrogens with one attached hydrogen (secondary N) is 2. The van der Waals surface area contributed by atoms with Crippen LogP contribution in [0.15, 0.2) is 0 Å². The number of carbonyl (C=O) groups is 6. The van der Waals surface area contributed by atoms with Gasteiger partial charge in [-0.2, -0.15) is 0 Å². The summed E-state index contributed by atoms with van der Waals surface area (Å²) in [6, 6.07) is -5.08. The molecule has 14 nitrogen and oxygen atoms in total. The fourth-order valence-electron chi connectivity index (χ4n) is 3.48. The van der Waals surface area contributed by atoms with Crippen molar-refractivity contribution in [3.8, 4) is 0 Å². The lowest BCUT2D eigenvalue weighted by molar-refractivity contribution is -0.145. The number of likely N-dealkylation sites (tertiary alicyclic amines) is 1. The molecule has 10 N–H and O–H groups in total. The number of nitrogens with zero attached hydrogens (tertiary/aromatic N) is 1. The van der Waals surface area contributed by atoms with Crippen LogP contribution in [-0.4, -0.2) is 87.9 Å². The molecule has 1 heterocycles. The van der Waals surface area contributed by atoms with Crippen molar-refractivity contribution in [1.29, 1.82) is 0 Å². The van der Waals surface area contributed by atoms with Crippen molar-refractivity contribution in [2.45, 2.75) is 69.1 Å². The lowest BCUT2D eigenvalue weighted by atomic mass is 10.1. The Morgan fingerprint density at radius 3 is 2.21 bits per heavy atom. The Morgan fingerprint density at radius 2 is 1.67 bits per heavy atom. The van der Waals surface area contributed by atoms with Crippen molar-refractivity contribution in [1.82, 2.24) is 15.5 Å². The van der Waals surface area contributed by atoms with Crippen molar-refractivity contribution >= 4 is 35.6 Å². The number of unbranched alkanes of at least 4 members (excludes halogenated alkanes) is 1. The minimum Gasteiger partial charge on any atom is -0.481 e. The number of amides is 4. The number of rotatable bonds is 14. The van der Waals surface area contributed by atoms with Gasteiger partial charge in [-0.05, 0) is 38.6 Å². The Morgan fingerprint density at radius 1 is 1.00 bits per heavy atom. The summed E-state index contributed by atoms with van der Waals surface area (Å²) in [5.41, 5.74) is 16.1. The fourth-order valence-corrected chi connectivity index (χ4v) is 3.48. The number of aliphatic carboxylic acids is 2. The van der Waals surface area contributed by atoms with Crippen LogP contribution in [-0.2, 0) is 28.8 Å². The normalized spacial score (nSPS) is 18.1. The van der Waals surface area contributed by atoms with E-state index < -0.39 is 72.6 Å². The third kappa shape index (κ3) is 9.02. The summed E-state index contributed by atoms with van der Waals surface area (Å²) in [5.74, 6) is -5.88. The van der Waals surface area contributed by atoms with Gasteiger partial charge in [-0.25, -0.2) is 4.79 Å². The van der Waals surface area contributed by atoms with Gasteiger partial charge in [0.1, 0.15) is 18.1 Å². The van der Waals surface area contributed by atoms with Crippen LogP contribution < -0.4 is 27.8 Å². The minimum atomic E-state index is -1.46. The maximum absolute atomic E-state index is 13.0. The number of carbonyl (C=O) groups excluding carboxylic acids is 4. The van der Waals surface area contributed by atoms with Crippen LogP contribution in [0.25, 0.3) is 0 Å². The third-order valence-electron chi connectivity index (χ3n) is 5.15. The van der Waals surface area contributed by atoms with E-state index in [-0.39, 0.29) is 19.4 Å². The summed E-state index contributed by atoms with van der Waals surface area (Å²) >= 11 is 0. The Hall–Kier alpha value is -3.26. The van der Waals surface area contributed by atoms with Gasteiger partial charge < -0.3 is 42.9 Å². The van der Waals surface area contributed by atoms with Gasteiger partial charge in [-0.3, -0.25) is 24.0 Å². The average Bonchev–Trinajstić information content (AvgIpc) is 3.21. The molecule has 0 saturated carbocycles. The molecule has 4 amide bonds. The molecule has 186 valence electrons. The summed E-state index contributed by atoms with van der Waals surface area (Å²) in [4.78, 5) is 72.8. The molecular formula is C19H32N6O8. The second kappa shape index (κ2) is 13.3. The summed E-state index contributed by atoms with van der Waals surface area (Å²) in [5, 5.41) is 22.8. The molecule has 0 spiro atoms. The first-order chi connectivity index (χ1) is 15.5. The molecule has 1 aliphatic heterocycles. The van der Waals surface area contributed by atoms with E-state index in [0.29, 0.717) is 25.8 Å². The summed E-state index contributed by atoms with van der Waals surface area (Å²) in [7, 11) is 0. The monoisotopic (exact) mass is 472 g/mol. The van der Waals surface area contributed by atoms with E-state index in [1.807, 2.05) is 0 Å². The molecule has 33 heavy (non-hydrogen) atoms. The van der Waals surface area contributed by atoms with Crippen molar-refractivity contribution in [2.24, 2.45) is 17.2 Å². The van der Waals surface area contributed by atoms with Crippen LogP contribution in [0, 0.1) is 0 Å². The van der Waals surface area contributed by atoms with E-state index in [4.69, 9.17) is 22.3 Å². The van der Waals surface area contributed by atoms with Crippen molar-refractivity contribution in [3.05, 3.63) is 0 Å². The number of primary amides is 1. The number of carboxylic acids is 2. The highest BCUT2D eigenvalue weighted by Crippen LogP contribution is 2.20. The lowest BCUT2D eigenvalue weighted by Crippen LogP contribution is -2.57. The molecule has 1 aliphatic rings. The maximum atomic E-state index is 13.0. The average molecular weight is 472 g/mol. The summed E-state index contributed by atoms with van der Waals surface area (Å²) in [6.07, 6.45) is 0.648. The van der Waals surface area contributed by atoms with Gasteiger partial charge in [0.2, 0.25) is 23.6 Å². The van der Waals surface area contributed by atoms with E-state index in [2.05, 4.69) is 10.6 Å². The standard InChI is InChI=1S/C19H32N6O8/c20-6-2-1-4-11(19(32)33)23-17(30)13-5-3-7-25(13)18(31)12(9-14(22)26)24-16(29)10(21)8-15(27)28/h10-13H,1-9,20-21H2,(H2,22,26)(H,23,30)(H,24,29)(H,27,28)(H,32,33). The van der Waals surface area contributed by atoms with E-state index in [0.717, 1.165) is 4.90 Å². The van der Waals surface area contributed by atoms with Crippen LogP contribution in [0.5, 0.6) is 0 Å². The van der Waals surface area contributed by atoms with E-state index in [1.165, 1.54) is 0 Å². The largest absolute Gasteiger partial charge is 0.481 e. The zero-order valence-corrected chi connectivity index (χ0v) is 18.2. The highest BCUT2D eigenvalue weighted by atomic mass is 16.4. The van der Waals surface area contributed by atoms with Crippen molar-refractivity contribution in [2.75, 3.05) is 13.1 Å². The number of hydrogen-bond donors (Lipinski definition) is 7. The number of carboxylic acid groups (broad SMARTS) is 2. The third-order valence-corrected chi connectivity index (χ3v) is 5.15. The molecule has 0 bridgehead atoms. The quantitative estimate of drug-likeness (QED) is 0.125. The van der Waals surface area contributed by atoms with Crippen LogP contribution >= 0.6 is 0 Å². The van der Waals surface area contributed by atoms with Gasteiger partial charge in [0.05, 0.1) is 18.9 Å². The summed E-state index contributed by atoms with van der Waals surface area (Å²) in [6.45, 7) is 0.516. The molecule has 0 aromatic heterocycles. The molecule has 0 aliphatic carbocycles. The first-order valence-corrected chi connectivity index (χ1v) is 10.6. The smallest absolute Gasteiger partial charge is 0.326 e. The van der Waals surface area contributed by atoms with Crippen LogP contribution in [0.1, 0.15) is 44.9 Å². The lowest BCUT2D eigenvalue weighted by Gasteiger charge is -2.29. The molecular weight excluding hydrogens is 440 g/mol. The second-order valence-electron chi connectivity index (χ2n) is 7.81. The summed E-state index contributed by atoms with van der Waals surface area (Å²) < 4.78 is 0. The van der Waals surface area contributed by atoms with Gasteiger partial charge in [0.15, 0.2) is 0 Å². The van der Waals surface area contributed by atoms with E-state index in [9.17, 15) is 33.9 Å². The predicted molar refractivity (Wildman–Crippen MR) is 113 cm³/mol. The Balaban J connectivity index is 2.92. The van der Waals surface area contributed by atoms with Gasteiger partial charge in [-0.15, -0.1) is 0 Å². The Labute approximate surface area is 190 Å². The van der Waals surface area contributed by atoms with Crippen molar-refractivity contribution < 1.29 is 39.0 Å². The molecule has 0 aromatic carbocycles. The first kappa shape index (κ1) is 27.8. The molecule has 4 atom stereocenters. The Bertz CT molecular complexity index is 761. The van der Waals surface area contributed by atoms with Gasteiger partial charge >= 0.3 is 11.9 Å². The zero-order chi connectivity index (χ0) is 25.1. The highest BCUT2D eigenvalue weighted by Gasteiger charge is 2.39.